The molecule has 0 radical (unpaired) electrons. The molecular formula is C19H33NO. The molecule has 120 valence electrons. The average Bonchev–Trinajstić information content (AvgIpc) is 2.36. The Balaban J connectivity index is 2.39. The summed E-state index contributed by atoms with van der Waals surface area (Å²) in [7, 11) is 0. The summed E-state index contributed by atoms with van der Waals surface area (Å²) in [6, 6.07) is 9.14. The van der Waals surface area contributed by atoms with Gasteiger partial charge in [-0.3, -0.25) is 0 Å². The molecule has 21 heavy (non-hydrogen) atoms. The van der Waals surface area contributed by atoms with Gasteiger partial charge in [-0.25, -0.2) is 0 Å². The van der Waals surface area contributed by atoms with Crippen molar-refractivity contribution in [3.05, 3.63) is 29.8 Å². The number of aryl methyl sites for hydroxylation is 1. The Labute approximate surface area is 131 Å². The summed E-state index contributed by atoms with van der Waals surface area (Å²) in [5.74, 6) is 0.967. The zero-order chi connectivity index (χ0) is 15.9. The Bertz CT molecular complexity index is 393. The maximum atomic E-state index is 5.68. The third-order valence-electron chi connectivity index (χ3n) is 3.74. The molecular weight excluding hydrogens is 258 g/mol. The molecule has 1 rings (SSSR count). The average molecular weight is 291 g/mol. The summed E-state index contributed by atoms with van der Waals surface area (Å²) in [5, 5.41) is 3.51. The first-order valence-corrected chi connectivity index (χ1v) is 8.27. The Morgan fingerprint density at radius 1 is 1.00 bits per heavy atom. The van der Waals surface area contributed by atoms with Crippen molar-refractivity contribution < 1.29 is 4.74 Å². The number of ether oxygens (including phenoxy) is 1. The molecule has 0 amide bonds. The van der Waals surface area contributed by atoms with Crippen molar-refractivity contribution in [3.63, 3.8) is 0 Å². The van der Waals surface area contributed by atoms with Crippen LogP contribution in [0.25, 0.3) is 0 Å². The van der Waals surface area contributed by atoms with Gasteiger partial charge >= 0.3 is 0 Å². The molecule has 0 aromatic heterocycles. The Kier molecular flexibility index (Phi) is 7.24. The van der Waals surface area contributed by atoms with Gasteiger partial charge in [0.15, 0.2) is 0 Å². The third kappa shape index (κ3) is 8.11. The van der Waals surface area contributed by atoms with E-state index in [1.54, 1.807) is 0 Å². The molecule has 1 aromatic rings. The van der Waals surface area contributed by atoms with Gasteiger partial charge in [0, 0.05) is 6.04 Å². The lowest BCUT2D eigenvalue weighted by atomic mass is 9.83. The maximum Gasteiger partial charge on any atom is 0.119 e. The molecule has 2 nitrogen and oxygen atoms in total. The monoisotopic (exact) mass is 291 g/mol. The fraction of sp³-hybridized carbons (Fsp3) is 0.684. The first-order valence-electron chi connectivity index (χ1n) is 8.27. The largest absolute Gasteiger partial charge is 0.491 e. The molecule has 0 atom stereocenters. The van der Waals surface area contributed by atoms with Gasteiger partial charge < -0.3 is 10.1 Å². The summed E-state index contributed by atoms with van der Waals surface area (Å²) >= 11 is 0. The minimum atomic E-state index is 0.239. The first-order chi connectivity index (χ1) is 9.78. The van der Waals surface area contributed by atoms with E-state index in [0.29, 0.717) is 11.5 Å². The van der Waals surface area contributed by atoms with Gasteiger partial charge in [0.2, 0.25) is 0 Å². The quantitative estimate of drug-likeness (QED) is 0.704. The second-order valence-electron chi connectivity index (χ2n) is 7.33. The highest BCUT2D eigenvalue weighted by molar-refractivity contribution is 5.27. The smallest absolute Gasteiger partial charge is 0.119 e. The molecule has 0 aliphatic carbocycles. The van der Waals surface area contributed by atoms with Crippen LogP contribution in [-0.4, -0.2) is 18.7 Å². The molecule has 2 heteroatoms. The van der Waals surface area contributed by atoms with Crippen LogP contribution in [0.5, 0.6) is 5.75 Å². The van der Waals surface area contributed by atoms with Crippen molar-refractivity contribution in [3.8, 4) is 5.75 Å². The lowest BCUT2D eigenvalue weighted by molar-refractivity contribution is 0.242. The topological polar surface area (TPSA) is 21.3 Å². The molecule has 0 saturated heterocycles. The standard InChI is InChI=1S/C19H33NO/c1-15(2)20-14-13-19(5,6)12-11-17-7-9-18(10-8-17)21-16(3)4/h7-10,15-16,20H,11-14H2,1-6H3. The van der Waals surface area contributed by atoms with Crippen LogP contribution < -0.4 is 10.1 Å². The molecule has 0 heterocycles. The lowest BCUT2D eigenvalue weighted by Gasteiger charge is -2.25. The van der Waals surface area contributed by atoms with Crippen molar-refractivity contribution in [2.24, 2.45) is 5.41 Å². The molecule has 1 N–H and O–H groups in total. The van der Waals surface area contributed by atoms with Gasteiger partial charge in [0.25, 0.3) is 0 Å². The van der Waals surface area contributed by atoms with Gasteiger partial charge in [-0.2, -0.15) is 0 Å². The van der Waals surface area contributed by atoms with Crippen LogP contribution in [0.3, 0.4) is 0 Å². The highest BCUT2D eigenvalue weighted by Crippen LogP contribution is 2.27. The van der Waals surface area contributed by atoms with E-state index in [0.717, 1.165) is 18.7 Å². The van der Waals surface area contributed by atoms with Crippen molar-refractivity contribution in [2.45, 2.75) is 73.0 Å². The van der Waals surface area contributed by atoms with E-state index < -0.39 is 0 Å². The summed E-state index contributed by atoms with van der Waals surface area (Å²) in [6.07, 6.45) is 3.82. The van der Waals surface area contributed by atoms with Crippen molar-refractivity contribution >= 4 is 0 Å². The van der Waals surface area contributed by atoms with E-state index >= 15 is 0 Å². The molecule has 0 bridgehead atoms. The van der Waals surface area contributed by atoms with E-state index in [-0.39, 0.29) is 6.10 Å². The van der Waals surface area contributed by atoms with Gasteiger partial charge in [0.1, 0.15) is 5.75 Å². The van der Waals surface area contributed by atoms with Crippen molar-refractivity contribution in [1.29, 1.82) is 0 Å². The highest BCUT2D eigenvalue weighted by atomic mass is 16.5. The maximum absolute atomic E-state index is 5.68. The molecule has 0 saturated carbocycles. The predicted octanol–water partition coefficient (Wildman–Crippen LogP) is 4.82. The number of hydrogen-bond donors (Lipinski definition) is 1. The fourth-order valence-electron chi connectivity index (χ4n) is 2.31. The van der Waals surface area contributed by atoms with Gasteiger partial charge in [0.05, 0.1) is 6.10 Å². The van der Waals surface area contributed by atoms with Crippen LogP contribution in [0.1, 0.15) is 59.9 Å². The highest BCUT2D eigenvalue weighted by Gasteiger charge is 2.17. The van der Waals surface area contributed by atoms with Crippen LogP contribution in [0.2, 0.25) is 0 Å². The number of rotatable bonds is 9. The Morgan fingerprint density at radius 3 is 2.14 bits per heavy atom. The number of benzene rings is 1. The third-order valence-corrected chi connectivity index (χ3v) is 3.74. The zero-order valence-electron chi connectivity index (χ0n) is 14.7. The predicted molar refractivity (Wildman–Crippen MR) is 92.1 cm³/mol. The molecule has 0 aliphatic rings. The van der Waals surface area contributed by atoms with E-state index in [9.17, 15) is 0 Å². The second-order valence-corrected chi connectivity index (χ2v) is 7.33. The van der Waals surface area contributed by atoms with E-state index in [1.165, 1.54) is 18.4 Å². The summed E-state index contributed by atoms with van der Waals surface area (Å²) in [5.41, 5.74) is 1.78. The van der Waals surface area contributed by atoms with Crippen molar-refractivity contribution in [2.75, 3.05) is 6.54 Å². The fourth-order valence-corrected chi connectivity index (χ4v) is 2.31. The minimum absolute atomic E-state index is 0.239. The van der Waals surface area contributed by atoms with Crippen LogP contribution in [0.15, 0.2) is 24.3 Å². The van der Waals surface area contributed by atoms with Crippen LogP contribution in [-0.2, 0) is 6.42 Å². The van der Waals surface area contributed by atoms with Crippen molar-refractivity contribution in [1.82, 2.24) is 5.32 Å². The van der Waals surface area contributed by atoms with Crippen LogP contribution in [0, 0.1) is 5.41 Å². The van der Waals surface area contributed by atoms with E-state index in [4.69, 9.17) is 4.74 Å². The Morgan fingerprint density at radius 2 is 1.62 bits per heavy atom. The zero-order valence-corrected chi connectivity index (χ0v) is 14.7. The van der Waals surface area contributed by atoms with Crippen LogP contribution >= 0.6 is 0 Å². The van der Waals surface area contributed by atoms with Gasteiger partial charge in [-0.1, -0.05) is 39.8 Å². The van der Waals surface area contributed by atoms with E-state index in [1.807, 2.05) is 0 Å². The Hall–Kier alpha value is -1.02. The number of hydrogen-bond acceptors (Lipinski definition) is 2. The van der Waals surface area contributed by atoms with Crippen LogP contribution in [0.4, 0.5) is 0 Å². The van der Waals surface area contributed by atoms with E-state index in [2.05, 4.69) is 71.1 Å². The molecule has 1 aromatic carbocycles. The summed E-state index contributed by atoms with van der Waals surface area (Å²) < 4.78 is 5.68. The SMILES string of the molecule is CC(C)NCCC(C)(C)CCc1ccc(OC(C)C)cc1. The summed E-state index contributed by atoms with van der Waals surface area (Å²) in [4.78, 5) is 0. The number of nitrogens with one attached hydrogen (secondary N) is 1. The second kappa shape index (κ2) is 8.43. The van der Waals surface area contributed by atoms with Gasteiger partial charge in [-0.15, -0.1) is 0 Å². The molecule has 0 aliphatic heterocycles. The lowest BCUT2D eigenvalue weighted by Crippen LogP contribution is -2.28. The first kappa shape index (κ1) is 18.0. The minimum Gasteiger partial charge on any atom is -0.491 e. The van der Waals surface area contributed by atoms with Gasteiger partial charge in [-0.05, 0) is 62.8 Å². The summed E-state index contributed by atoms with van der Waals surface area (Å²) in [6.45, 7) is 14.4. The molecule has 0 unspecified atom stereocenters. The normalized spacial score (nSPS) is 12.2. The molecule has 0 spiro atoms. The molecule has 0 fully saturated rings.